The summed E-state index contributed by atoms with van der Waals surface area (Å²) in [5.74, 6) is 6.93. The lowest BCUT2D eigenvalue weighted by molar-refractivity contribution is -0.120. The normalized spacial score (nSPS) is 14.7. The van der Waals surface area contributed by atoms with Gasteiger partial charge in [0.25, 0.3) is 5.91 Å². The van der Waals surface area contributed by atoms with E-state index in [1.807, 2.05) is 18.2 Å². The molecule has 0 fully saturated rings. The number of benzene rings is 2. The molecule has 1 aliphatic rings. The highest BCUT2D eigenvalue weighted by molar-refractivity contribution is 6.02. The smallest absolute Gasteiger partial charge is 0.320 e. The Morgan fingerprint density at radius 1 is 1.17 bits per heavy atom. The molecule has 3 amide bonds. The number of nitrogens with zero attached hydrogens (tertiary/aromatic N) is 4. The van der Waals surface area contributed by atoms with Gasteiger partial charge >= 0.3 is 6.03 Å². The van der Waals surface area contributed by atoms with Crippen molar-refractivity contribution in [2.75, 3.05) is 31.0 Å². The number of imidazole rings is 1. The van der Waals surface area contributed by atoms with E-state index in [1.54, 1.807) is 67.5 Å². The Kier molecular flexibility index (Phi) is 6.11. The number of urea groups is 1. The molecule has 0 saturated heterocycles. The third-order valence-corrected chi connectivity index (χ3v) is 5.60. The van der Waals surface area contributed by atoms with Crippen LogP contribution in [-0.4, -0.2) is 53.3 Å². The van der Waals surface area contributed by atoms with Crippen LogP contribution in [0.5, 0.6) is 11.5 Å². The number of hydrogen-bond acceptors (Lipinski definition) is 6. The molecule has 3 heterocycles. The zero-order valence-corrected chi connectivity index (χ0v) is 19.6. The van der Waals surface area contributed by atoms with Gasteiger partial charge in [-0.05, 0) is 48.4 Å². The Morgan fingerprint density at radius 3 is 2.92 bits per heavy atom. The highest BCUT2D eigenvalue weighted by Crippen LogP contribution is 2.34. The van der Waals surface area contributed by atoms with Crippen LogP contribution in [0.1, 0.15) is 11.3 Å². The lowest BCUT2D eigenvalue weighted by Gasteiger charge is -2.20. The largest absolute Gasteiger partial charge is 0.497 e. The van der Waals surface area contributed by atoms with Gasteiger partial charge in [-0.2, -0.15) is 5.10 Å². The second-order valence-corrected chi connectivity index (χ2v) is 7.96. The summed E-state index contributed by atoms with van der Waals surface area (Å²) >= 11 is 0. The van der Waals surface area contributed by atoms with Crippen molar-refractivity contribution in [3.05, 3.63) is 78.2 Å². The maximum Gasteiger partial charge on any atom is 0.320 e. The Balaban J connectivity index is 1.26. The van der Waals surface area contributed by atoms with Gasteiger partial charge < -0.3 is 25.0 Å². The average molecular weight is 483 g/mol. The van der Waals surface area contributed by atoms with Gasteiger partial charge in [0.05, 0.1) is 19.0 Å². The molecule has 10 heteroatoms. The fourth-order valence-corrected chi connectivity index (χ4v) is 3.76. The van der Waals surface area contributed by atoms with Crippen LogP contribution >= 0.6 is 0 Å². The molecule has 0 aliphatic carbocycles. The van der Waals surface area contributed by atoms with Gasteiger partial charge in [-0.25, -0.2) is 14.3 Å². The van der Waals surface area contributed by atoms with E-state index in [-0.39, 0.29) is 12.5 Å². The Hall–Kier alpha value is -5.04. The van der Waals surface area contributed by atoms with Gasteiger partial charge in [-0.15, -0.1) is 0 Å². The van der Waals surface area contributed by atoms with Crippen LogP contribution in [0.15, 0.2) is 67.0 Å². The SMILES string of the molecule is COc1ccc2c(c1)N(C)C(=O)[C@@H](NC(=O)Nc1cccc(C#Cc3cnc4cccnn34)c1)CO2. The molecule has 2 N–H and O–H groups in total. The Bertz CT molecular complexity index is 1520. The summed E-state index contributed by atoms with van der Waals surface area (Å²) < 4.78 is 12.7. The number of ether oxygens (including phenoxy) is 2. The maximum absolute atomic E-state index is 13.0. The summed E-state index contributed by atoms with van der Waals surface area (Å²) in [5.41, 5.74) is 3.14. The lowest BCUT2D eigenvalue weighted by Crippen LogP contribution is -2.50. The minimum absolute atomic E-state index is 0.00518. The van der Waals surface area contributed by atoms with Gasteiger partial charge in [0.1, 0.15) is 29.8 Å². The fourth-order valence-electron chi connectivity index (χ4n) is 3.76. The van der Waals surface area contributed by atoms with E-state index in [1.165, 1.54) is 4.90 Å². The molecule has 5 rings (SSSR count). The quantitative estimate of drug-likeness (QED) is 0.435. The van der Waals surface area contributed by atoms with Crippen molar-refractivity contribution in [1.82, 2.24) is 19.9 Å². The van der Waals surface area contributed by atoms with Crippen LogP contribution in [0.25, 0.3) is 5.65 Å². The van der Waals surface area contributed by atoms with Crippen molar-refractivity contribution in [1.29, 1.82) is 0 Å². The maximum atomic E-state index is 13.0. The third kappa shape index (κ3) is 4.63. The Morgan fingerprint density at radius 2 is 2.06 bits per heavy atom. The monoisotopic (exact) mass is 482 g/mol. The van der Waals surface area contributed by atoms with E-state index in [2.05, 4.69) is 32.6 Å². The van der Waals surface area contributed by atoms with E-state index in [0.717, 1.165) is 0 Å². The molecule has 0 spiro atoms. The number of carbonyl (C=O) groups excluding carboxylic acids is 2. The van der Waals surface area contributed by atoms with Crippen molar-refractivity contribution in [3.8, 4) is 23.3 Å². The molecule has 2 aromatic carbocycles. The van der Waals surface area contributed by atoms with Gasteiger partial charge in [-0.1, -0.05) is 12.0 Å². The molecule has 0 radical (unpaired) electrons. The number of likely N-dealkylation sites (N-methyl/N-ethyl adjacent to an activating group) is 1. The summed E-state index contributed by atoms with van der Waals surface area (Å²) in [6, 6.07) is 14.5. The van der Waals surface area contributed by atoms with Gasteiger partial charge in [0, 0.05) is 30.6 Å². The highest BCUT2D eigenvalue weighted by Gasteiger charge is 2.30. The van der Waals surface area contributed by atoms with Crippen molar-refractivity contribution in [2.45, 2.75) is 6.04 Å². The molecule has 2 aromatic heterocycles. The molecular weight excluding hydrogens is 460 g/mol. The van der Waals surface area contributed by atoms with Crippen LogP contribution in [0.3, 0.4) is 0 Å². The zero-order chi connectivity index (χ0) is 25.1. The number of carbonyl (C=O) groups is 2. The summed E-state index contributed by atoms with van der Waals surface area (Å²) in [6.45, 7) is -0.00518. The van der Waals surface area contributed by atoms with Crippen molar-refractivity contribution >= 4 is 29.0 Å². The van der Waals surface area contributed by atoms with E-state index in [9.17, 15) is 9.59 Å². The number of amides is 3. The van der Waals surface area contributed by atoms with E-state index in [4.69, 9.17) is 9.47 Å². The van der Waals surface area contributed by atoms with E-state index in [0.29, 0.717) is 39.8 Å². The number of anilines is 2. The average Bonchev–Trinajstić information content (AvgIpc) is 3.27. The van der Waals surface area contributed by atoms with Crippen LogP contribution in [0, 0.1) is 11.8 Å². The van der Waals surface area contributed by atoms with E-state index >= 15 is 0 Å². The number of hydrogen-bond donors (Lipinski definition) is 2. The molecule has 10 nitrogen and oxygen atoms in total. The lowest BCUT2D eigenvalue weighted by atomic mass is 10.2. The number of methoxy groups -OCH3 is 1. The highest BCUT2D eigenvalue weighted by atomic mass is 16.5. The van der Waals surface area contributed by atoms with Crippen LogP contribution in [-0.2, 0) is 4.79 Å². The van der Waals surface area contributed by atoms with Crippen molar-refractivity contribution in [2.24, 2.45) is 0 Å². The molecule has 180 valence electrons. The van der Waals surface area contributed by atoms with Crippen molar-refractivity contribution in [3.63, 3.8) is 0 Å². The number of fused-ring (bicyclic) bond motifs is 2. The molecular formula is C26H22N6O4. The zero-order valence-electron chi connectivity index (χ0n) is 19.6. The van der Waals surface area contributed by atoms with Gasteiger partial charge in [0.15, 0.2) is 5.65 Å². The first-order chi connectivity index (χ1) is 17.5. The summed E-state index contributed by atoms with van der Waals surface area (Å²) in [7, 11) is 3.18. The van der Waals surface area contributed by atoms with Crippen molar-refractivity contribution < 1.29 is 19.1 Å². The summed E-state index contributed by atoms with van der Waals surface area (Å²) in [4.78, 5) is 31.4. The minimum Gasteiger partial charge on any atom is -0.497 e. The first-order valence-electron chi connectivity index (χ1n) is 11.1. The predicted octanol–water partition coefficient (Wildman–Crippen LogP) is 2.68. The first-order valence-corrected chi connectivity index (χ1v) is 11.1. The van der Waals surface area contributed by atoms with Crippen LogP contribution in [0.4, 0.5) is 16.2 Å². The number of rotatable bonds is 3. The Labute approximate surface area is 206 Å². The van der Waals surface area contributed by atoms with E-state index < -0.39 is 12.1 Å². The molecule has 1 aliphatic heterocycles. The minimum atomic E-state index is -0.876. The summed E-state index contributed by atoms with van der Waals surface area (Å²) in [6.07, 6.45) is 3.32. The fraction of sp³-hybridized carbons (Fsp3) is 0.154. The van der Waals surface area contributed by atoms with Gasteiger partial charge in [0.2, 0.25) is 0 Å². The second-order valence-electron chi connectivity index (χ2n) is 7.96. The second kappa shape index (κ2) is 9.68. The topological polar surface area (TPSA) is 110 Å². The van der Waals surface area contributed by atoms with Crippen LogP contribution in [0.2, 0.25) is 0 Å². The molecule has 36 heavy (non-hydrogen) atoms. The predicted molar refractivity (Wildman–Crippen MR) is 133 cm³/mol. The number of aromatic nitrogens is 3. The molecule has 0 saturated carbocycles. The molecule has 0 unspecified atom stereocenters. The molecule has 1 atom stereocenters. The third-order valence-electron chi connectivity index (χ3n) is 5.60. The molecule has 0 bridgehead atoms. The first kappa shape index (κ1) is 22.7. The van der Waals surface area contributed by atoms with Gasteiger partial charge in [-0.3, -0.25) is 4.79 Å². The van der Waals surface area contributed by atoms with Crippen LogP contribution < -0.4 is 25.0 Å². The molecule has 4 aromatic rings. The number of nitrogens with one attached hydrogen (secondary N) is 2. The standard InChI is InChI=1S/C26H22N6O4/c1-31-22-14-20(35-2)10-11-23(22)36-16-21(25(31)33)30-26(34)29-18-6-3-5-17(13-18)8-9-19-15-27-24-7-4-12-28-32(19)24/h3-7,10-15,21H,16H2,1-2H3,(H2,29,30,34)/t21-/m0/s1. The summed E-state index contributed by atoms with van der Waals surface area (Å²) in [5, 5.41) is 9.69.